The van der Waals surface area contributed by atoms with Gasteiger partial charge in [0.1, 0.15) is 0 Å². The Kier molecular flexibility index (Phi) is 6.63. The first kappa shape index (κ1) is 21.8. The normalized spacial score (nSPS) is 26.2. The highest BCUT2D eigenvalue weighted by Crippen LogP contribution is 2.29. The molecule has 2 amide bonds. The smallest absolute Gasteiger partial charge is 0.251 e. The second-order valence-electron chi connectivity index (χ2n) is 8.29. The predicted octanol–water partition coefficient (Wildman–Crippen LogP) is 2.09. The lowest BCUT2D eigenvalue weighted by molar-refractivity contribution is -0.129. The number of carbonyl (C=O) groups excluding carboxylic acids is 2. The maximum Gasteiger partial charge on any atom is 0.251 e. The lowest BCUT2D eigenvalue weighted by atomic mass is 9.78. The molecule has 1 aromatic carbocycles. The van der Waals surface area contributed by atoms with Gasteiger partial charge in [-0.2, -0.15) is 4.31 Å². The van der Waals surface area contributed by atoms with Crippen LogP contribution in [0.1, 0.15) is 50.4 Å². The zero-order valence-corrected chi connectivity index (χ0v) is 18.2. The molecule has 2 fully saturated rings. The van der Waals surface area contributed by atoms with Crippen molar-refractivity contribution >= 4 is 21.8 Å². The zero-order chi connectivity index (χ0) is 21.2. The molecule has 1 aromatic rings. The maximum absolute atomic E-state index is 13.0. The van der Waals surface area contributed by atoms with Crippen molar-refractivity contribution in [1.82, 2.24) is 14.5 Å². The first-order valence-corrected chi connectivity index (χ1v) is 11.8. The minimum atomic E-state index is -3.70. The molecule has 1 aliphatic heterocycles. The quantitative estimate of drug-likeness (QED) is 0.807. The highest BCUT2D eigenvalue weighted by Gasteiger charge is 2.31. The molecule has 1 aliphatic carbocycles. The van der Waals surface area contributed by atoms with Crippen molar-refractivity contribution in [2.75, 3.05) is 26.2 Å². The van der Waals surface area contributed by atoms with Crippen molar-refractivity contribution in [3.05, 3.63) is 29.8 Å². The van der Waals surface area contributed by atoms with E-state index >= 15 is 0 Å². The first-order chi connectivity index (χ1) is 13.7. The van der Waals surface area contributed by atoms with E-state index in [0.717, 1.165) is 12.8 Å². The summed E-state index contributed by atoms with van der Waals surface area (Å²) in [6, 6.07) is 6.36. The lowest BCUT2D eigenvalue weighted by Gasteiger charge is -2.34. The summed E-state index contributed by atoms with van der Waals surface area (Å²) in [6.45, 7) is 7.14. The van der Waals surface area contributed by atoms with Crippen LogP contribution in [0.3, 0.4) is 0 Å². The van der Waals surface area contributed by atoms with Crippen molar-refractivity contribution in [1.29, 1.82) is 0 Å². The van der Waals surface area contributed by atoms with Crippen molar-refractivity contribution < 1.29 is 18.0 Å². The molecule has 7 nitrogen and oxygen atoms in total. The Morgan fingerprint density at radius 1 is 1.07 bits per heavy atom. The van der Waals surface area contributed by atoms with Crippen LogP contribution in [0.5, 0.6) is 0 Å². The van der Waals surface area contributed by atoms with Gasteiger partial charge in [-0.1, -0.05) is 32.8 Å². The number of hydrogen-bond donors (Lipinski definition) is 1. The summed E-state index contributed by atoms with van der Waals surface area (Å²) in [5.74, 6) is 0.688. The van der Waals surface area contributed by atoms with Crippen LogP contribution in [-0.2, 0) is 14.8 Å². The number of nitrogens with zero attached hydrogens (tertiary/aromatic N) is 2. The van der Waals surface area contributed by atoms with Gasteiger partial charge >= 0.3 is 0 Å². The van der Waals surface area contributed by atoms with Gasteiger partial charge in [0.05, 0.1) is 4.90 Å². The van der Waals surface area contributed by atoms with Crippen LogP contribution in [0.25, 0.3) is 0 Å². The number of carbonyl (C=O) groups is 2. The average Bonchev–Trinajstić information content (AvgIpc) is 2.71. The van der Waals surface area contributed by atoms with Crippen LogP contribution < -0.4 is 5.32 Å². The molecule has 1 N–H and O–H groups in total. The Hall–Kier alpha value is -1.93. The highest BCUT2D eigenvalue weighted by molar-refractivity contribution is 7.89. The van der Waals surface area contributed by atoms with Crippen LogP contribution in [0.15, 0.2) is 29.2 Å². The van der Waals surface area contributed by atoms with Crippen LogP contribution in [0.2, 0.25) is 0 Å². The third-order valence-electron chi connectivity index (χ3n) is 6.44. The topological polar surface area (TPSA) is 86.8 Å². The molecule has 3 rings (SSSR count). The first-order valence-electron chi connectivity index (χ1n) is 10.4. The van der Waals surface area contributed by atoms with E-state index in [0.29, 0.717) is 30.5 Å². The largest absolute Gasteiger partial charge is 0.349 e. The number of benzene rings is 1. The van der Waals surface area contributed by atoms with E-state index in [4.69, 9.17) is 0 Å². The van der Waals surface area contributed by atoms with Gasteiger partial charge in [-0.25, -0.2) is 8.42 Å². The van der Waals surface area contributed by atoms with Crippen LogP contribution in [0.4, 0.5) is 0 Å². The Bertz CT molecular complexity index is 862. The van der Waals surface area contributed by atoms with Gasteiger partial charge in [-0.05, 0) is 36.5 Å². The van der Waals surface area contributed by atoms with E-state index < -0.39 is 10.0 Å². The Labute approximate surface area is 173 Å². The van der Waals surface area contributed by atoms with Gasteiger partial charge in [-0.15, -0.1) is 0 Å². The van der Waals surface area contributed by atoms with E-state index in [-0.39, 0.29) is 35.8 Å². The van der Waals surface area contributed by atoms with Gasteiger partial charge in [0.25, 0.3) is 5.91 Å². The molecule has 1 saturated heterocycles. The van der Waals surface area contributed by atoms with E-state index in [9.17, 15) is 18.0 Å². The lowest BCUT2D eigenvalue weighted by Crippen LogP contribution is -2.49. The maximum atomic E-state index is 13.0. The number of hydrogen-bond acceptors (Lipinski definition) is 4. The number of piperazine rings is 1. The van der Waals surface area contributed by atoms with E-state index in [1.165, 1.54) is 29.8 Å². The average molecular weight is 422 g/mol. The molecule has 0 spiro atoms. The predicted molar refractivity (Wildman–Crippen MR) is 111 cm³/mol. The summed E-state index contributed by atoms with van der Waals surface area (Å²) >= 11 is 0. The molecular formula is C21H31N3O4S. The molecule has 2 aliphatic rings. The van der Waals surface area contributed by atoms with E-state index in [1.54, 1.807) is 17.0 Å². The fourth-order valence-electron chi connectivity index (χ4n) is 4.23. The monoisotopic (exact) mass is 421 g/mol. The Balaban J connectivity index is 1.71. The zero-order valence-electron chi connectivity index (χ0n) is 17.4. The number of nitrogens with one attached hydrogen (secondary N) is 1. The summed E-state index contributed by atoms with van der Waals surface area (Å²) in [6.07, 6.45) is 3.23. The summed E-state index contributed by atoms with van der Waals surface area (Å²) < 4.78 is 27.4. The molecule has 1 heterocycles. The molecule has 0 bridgehead atoms. The fraction of sp³-hybridized carbons (Fsp3) is 0.619. The van der Waals surface area contributed by atoms with Gasteiger partial charge in [0.2, 0.25) is 15.9 Å². The molecule has 0 unspecified atom stereocenters. The minimum absolute atomic E-state index is 0.0491. The molecule has 29 heavy (non-hydrogen) atoms. The Morgan fingerprint density at radius 3 is 2.41 bits per heavy atom. The number of rotatable bonds is 4. The molecule has 0 radical (unpaired) electrons. The molecule has 8 heteroatoms. The van der Waals surface area contributed by atoms with Gasteiger partial charge in [0, 0.05) is 44.7 Å². The van der Waals surface area contributed by atoms with E-state index in [1.807, 2.05) is 0 Å². The van der Waals surface area contributed by atoms with Crippen LogP contribution in [0, 0.1) is 11.8 Å². The molecule has 0 aromatic heterocycles. The second kappa shape index (κ2) is 8.83. The summed E-state index contributed by atoms with van der Waals surface area (Å²) in [7, 11) is -3.70. The SMILES string of the molecule is CC(=O)N1CCN(S(=O)(=O)c2cccc(C(=O)N[C@H]3CCC[C@@H](C)[C@H]3C)c2)CC1. The molecule has 1 saturated carbocycles. The third kappa shape index (κ3) is 4.80. The third-order valence-corrected chi connectivity index (χ3v) is 8.34. The Morgan fingerprint density at radius 2 is 1.76 bits per heavy atom. The molecule has 3 atom stereocenters. The van der Waals surface area contributed by atoms with Crippen molar-refractivity contribution in [2.45, 2.75) is 51.0 Å². The number of sulfonamides is 1. The molecular weight excluding hydrogens is 390 g/mol. The van der Waals surface area contributed by atoms with Gasteiger partial charge in [0.15, 0.2) is 0 Å². The van der Waals surface area contributed by atoms with Gasteiger partial charge in [-0.3, -0.25) is 9.59 Å². The summed E-state index contributed by atoms with van der Waals surface area (Å²) in [4.78, 5) is 26.0. The van der Waals surface area contributed by atoms with Crippen molar-refractivity contribution in [3.63, 3.8) is 0 Å². The summed E-state index contributed by atoms with van der Waals surface area (Å²) in [5.41, 5.74) is 0.360. The standard InChI is InChI=1S/C21H31N3O4S/c1-15-6-4-9-20(16(15)2)22-21(26)18-7-5-8-19(14-18)29(27,28)24-12-10-23(11-13-24)17(3)25/h5,7-8,14-16,20H,4,6,9-13H2,1-3H3,(H,22,26)/t15-,16-,20+/m1/s1. The second-order valence-corrected chi connectivity index (χ2v) is 10.2. The summed E-state index contributed by atoms with van der Waals surface area (Å²) in [5, 5.41) is 3.10. The van der Waals surface area contributed by atoms with Crippen LogP contribution >= 0.6 is 0 Å². The van der Waals surface area contributed by atoms with E-state index in [2.05, 4.69) is 19.2 Å². The van der Waals surface area contributed by atoms with Crippen molar-refractivity contribution in [2.24, 2.45) is 11.8 Å². The fourth-order valence-corrected chi connectivity index (χ4v) is 5.70. The minimum Gasteiger partial charge on any atom is -0.349 e. The van der Waals surface area contributed by atoms with Crippen molar-refractivity contribution in [3.8, 4) is 0 Å². The number of amides is 2. The van der Waals surface area contributed by atoms with Gasteiger partial charge < -0.3 is 10.2 Å². The molecule has 160 valence electrons. The van der Waals surface area contributed by atoms with Crippen LogP contribution in [-0.4, -0.2) is 61.7 Å². The highest BCUT2D eigenvalue weighted by atomic mass is 32.2.